The lowest BCUT2D eigenvalue weighted by Gasteiger charge is -2.01. The van der Waals surface area contributed by atoms with E-state index in [1.54, 1.807) is 12.1 Å². The van der Waals surface area contributed by atoms with Gasteiger partial charge in [0, 0.05) is 11.8 Å². The molecule has 0 atom stereocenters. The summed E-state index contributed by atoms with van der Waals surface area (Å²) >= 11 is 0. The molecule has 4 heteroatoms. The van der Waals surface area contributed by atoms with E-state index in [0.29, 0.717) is 5.70 Å². The number of rotatable bonds is 4. The Morgan fingerprint density at radius 3 is 2.75 bits per heavy atom. The molecule has 0 spiro atoms. The zero-order valence-electron chi connectivity index (χ0n) is 8.72. The van der Waals surface area contributed by atoms with Crippen molar-refractivity contribution in [3.05, 3.63) is 42.0 Å². The zero-order valence-corrected chi connectivity index (χ0v) is 8.72. The number of benzene rings is 1. The zero-order chi connectivity index (χ0) is 11.8. The first-order valence-electron chi connectivity index (χ1n) is 4.80. The summed E-state index contributed by atoms with van der Waals surface area (Å²) in [6.45, 7) is 0.0912. The number of hydrogen-bond acceptors (Lipinski definition) is 4. The molecule has 1 aromatic rings. The number of esters is 1. The molecule has 82 valence electrons. The summed E-state index contributed by atoms with van der Waals surface area (Å²) in [6.07, 6.45) is 1.40. The molecule has 4 nitrogen and oxygen atoms in total. The molecule has 0 fully saturated rings. The van der Waals surface area contributed by atoms with Gasteiger partial charge in [-0.2, -0.15) is 5.26 Å². The molecule has 0 radical (unpaired) electrons. The number of nitriles is 1. The average molecular weight is 216 g/mol. The Hall–Kier alpha value is -2.28. The van der Waals surface area contributed by atoms with Crippen molar-refractivity contribution in [2.45, 2.75) is 6.42 Å². The Morgan fingerprint density at radius 1 is 1.44 bits per heavy atom. The Bertz CT molecular complexity index is 418. The molecule has 1 aromatic carbocycles. The molecule has 0 heterocycles. The molecule has 0 amide bonds. The average Bonchev–Trinajstić information content (AvgIpc) is 2.30. The van der Waals surface area contributed by atoms with Crippen LogP contribution in [0.25, 0.3) is 5.70 Å². The molecule has 0 aliphatic carbocycles. The van der Waals surface area contributed by atoms with E-state index in [1.807, 2.05) is 24.3 Å². The van der Waals surface area contributed by atoms with Crippen molar-refractivity contribution in [3.63, 3.8) is 0 Å². The van der Waals surface area contributed by atoms with Gasteiger partial charge in [-0.05, 0) is 5.56 Å². The summed E-state index contributed by atoms with van der Waals surface area (Å²) in [5.74, 6) is -0.531. The molecule has 0 saturated heterocycles. The highest BCUT2D eigenvalue weighted by molar-refractivity contribution is 5.90. The standard InChI is InChI=1S/C12H12N2O2/c13-7-4-8-16-12(15)9-11(14)10-5-2-1-3-6-10/h1-3,5-6,9H,4,8,14H2. The third-order valence-corrected chi connectivity index (χ3v) is 1.84. The molecule has 0 bridgehead atoms. The summed E-state index contributed by atoms with van der Waals surface area (Å²) < 4.78 is 4.76. The molecule has 16 heavy (non-hydrogen) atoms. The molecule has 1 rings (SSSR count). The van der Waals surface area contributed by atoms with E-state index >= 15 is 0 Å². The number of nitrogens with two attached hydrogens (primary N) is 1. The SMILES string of the molecule is N#CCCOC(=O)C=C(N)c1ccccc1. The van der Waals surface area contributed by atoms with Gasteiger partial charge < -0.3 is 10.5 Å². The molecule has 2 N–H and O–H groups in total. The fourth-order valence-electron chi connectivity index (χ4n) is 1.08. The number of hydrogen-bond donors (Lipinski definition) is 1. The Balaban J connectivity index is 2.57. The third-order valence-electron chi connectivity index (χ3n) is 1.84. The van der Waals surface area contributed by atoms with E-state index in [4.69, 9.17) is 15.7 Å². The first-order chi connectivity index (χ1) is 7.74. The predicted octanol–water partition coefficient (Wildman–Crippen LogP) is 1.44. The van der Waals surface area contributed by atoms with Gasteiger partial charge >= 0.3 is 5.97 Å². The maximum absolute atomic E-state index is 11.2. The van der Waals surface area contributed by atoms with Crippen LogP contribution in [-0.2, 0) is 9.53 Å². The fraction of sp³-hybridized carbons (Fsp3) is 0.167. The smallest absolute Gasteiger partial charge is 0.332 e. The van der Waals surface area contributed by atoms with Gasteiger partial charge in [-0.3, -0.25) is 0 Å². The molecular formula is C12H12N2O2. The first-order valence-corrected chi connectivity index (χ1v) is 4.80. The van der Waals surface area contributed by atoms with Crippen molar-refractivity contribution in [3.8, 4) is 6.07 Å². The maximum Gasteiger partial charge on any atom is 0.332 e. The van der Waals surface area contributed by atoms with Gasteiger partial charge in [-0.25, -0.2) is 4.79 Å². The maximum atomic E-state index is 11.2. The van der Waals surface area contributed by atoms with E-state index in [0.717, 1.165) is 5.56 Å². The predicted molar refractivity (Wildman–Crippen MR) is 59.8 cm³/mol. The lowest BCUT2D eigenvalue weighted by Crippen LogP contribution is -2.06. The number of carbonyl (C=O) groups is 1. The molecular weight excluding hydrogens is 204 g/mol. The fourth-order valence-corrected chi connectivity index (χ4v) is 1.08. The van der Waals surface area contributed by atoms with Crippen molar-refractivity contribution < 1.29 is 9.53 Å². The normalized spacial score (nSPS) is 10.6. The van der Waals surface area contributed by atoms with Crippen LogP contribution in [0.4, 0.5) is 0 Å². The van der Waals surface area contributed by atoms with Crippen molar-refractivity contribution in [1.29, 1.82) is 5.26 Å². The van der Waals surface area contributed by atoms with Crippen LogP contribution in [0, 0.1) is 11.3 Å². The van der Waals surface area contributed by atoms with Crippen molar-refractivity contribution in [1.82, 2.24) is 0 Å². The van der Waals surface area contributed by atoms with Crippen LogP contribution in [0.3, 0.4) is 0 Å². The van der Waals surface area contributed by atoms with Crippen LogP contribution < -0.4 is 5.73 Å². The molecule has 0 unspecified atom stereocenters. The van der Waals surface area contributed by atoms with Gasteiger partial charge in [0.05, 0.1) is 12.5 Å². The van der Waals surface area contributed by atoms with E-state index < -0.39 is 5.97 Å². The highest BCUT2D eigenvalue weighted by atomic mass is 16.5. The largest absolute Gasteiger partial charge is 0.461 e. The second-order valence-corrected chi connectivity index (χ2v) is 3.04. The lowest BCUT2D eigenvalue weighted by atomic mass is 10.1. The number of carbonyl (C=O) groups excluding carboxylic acids is 1. The summed E-state index contributed by atoms with van der Waals surface area (Å²) in [7, 11) is 0. The summed E-state index contributed by atoms with van der Waals surface area (Å²) in [5, 5.41) is 8.26. The monoisotopic (exact) mass is 216 g/mol. The van der Waals surface area contributed by atoms with Crippen LogP contribution in [0.2, 0.25) is 0 Å². The van der Waals surface area contributed by atoms with Crippen LogP contribution in [-0.4, -0.2) is 12.6 Å². The number of nitrogens with zero attached hydrogens (tertiary/aromatic N) is 1. The lowest BCUT2D eigenvalue weighted by molar-refractivity contribution is -0.137. The second kappa shape index (κ2) is 6.25. The van der Waals surface area contributed by atoms with Gasteiger partial charge in [-0.1, -0.05) is 30.3 Å². The highest BCUT2D eigenvalue weighted by Crippen LogP contribution is 2.07. The molecule has 0 aliphatic heterocycles. The van der Waals surface area contributed by atoms with E-state index in [1.165, 1.54) is 6.08 Å². The van der Waals surface area contributed by atoms with Crippen LogP contribution >= 0.6 is 0 Å². The topological polar surface area (TPSA) is 76.1 Å². The minimum Gasteiger partial charge on any atom is -0.461 e. The highest BCUT2D eigenvalue weighted by Gasteiger charge is 2.01. The van der Waals surface area contributed by atoms with E-state index in [9.17, 15) is 4.79 Å². The van der Waals surface area contributed by atoms with Gasteiger partial charge in [-0.15, -0.1) is 0 Å². The molecule has 0 aliphatic rings. The van der Waals surface area contributed by atoms with Gasteiger partial charge in [0.2, 0.25) is 0 Å². The van der Waals surface area contributed by atoms with Gasteiger partial charge in [0.25, 0.3) is 0 Å². The van der Waals surface area contributed by atoms with Crippen LogP contribution in [0.5, 0.6) is 0 Å². The van der Waals surface area contributed by atoms with Crippen LogP contribution in [0.15, 0.2) is 36.4 Å². The van der Waals surface area contributed by atoms with Crippen molar-refractivity contribution in [2.24, 2.45) is 5.73 Å². The molecule has 0 saturated carbocycles. The Kier molecular flexibility index (Phi) is 4.61. The summed E-state index contributed by atoms with van der Waals surface area (Å²) in [6, 6.07) is 11.0. The summed E-state index contributed by atoms with van der Waals surface area (Å²) in [5.41, 5.74) is 6.81. The summed E-state index contributed by atoms with van der Waals surface area (Å²) in [4.78, 5) is 11.2. The quantitative estimate of drug-likeness (QED) is 0.469. The minimum atomic E-state index is -0.531. The van der Waals surface area contributed by atoms with Crippen LogP contribution in [0.1, 0.15) is 12.0 Å². The number of ether oxygens (including phenoxy) is 1. The van der Waals surface area contributed by atoms with Crippen molar-refractivity contribution in [2.75, 3.05) is 6.61 Å². The van der Waals surface area contributed by atoms with E-state index in [2.05, 4.69) is 0 Å². The molecule has 0 aromatic heterocycles. The second-order valence-electron chi connectivity index (χ2n) is 3.04. The van der Waals surface area contributed by atoms with Crippen molar-refractivity contribution >= 4 is 11.7 Å². The third kappa shape index (κ3) is 3.84. The Morgan fingerprint density at radius 2 is 2.12 bits per heavy atom. The minimum absolute atomic E-state index is 0.0912. The van der Waals surface area contributed by atoms with E-state index in [-0.39, 0.29) is 13.0 Å². The first kappa shape index (κ1) is 11.8. The van der Waals surface area contributed by atoms with Gasteiger partial charge in [0.1, 0.15) is 6.61 Å². The van der Waals surface area contributed by atoms with Gasteiger partial charge in [0.15, 0.2) is 0 Å². The Labute approximate surface area is 93.9 Å².